The average Bonchev–Trinajstić information content (AvgIpc) is 0.811. The predicted molar refractivity (Wildman–Crippen MR) is 13.8 cm³/mol. The third kappa shape index (κ3) is 29.4. The molecule has 0 unspecified atom stereocenters. The van der Waals surface area contributed by atoms with Gasteiger partial charge >= 0.3 is 27.5 Å². The molecule has 0 fully saturated rings. The minimum atomic E-state index is -3.19. The molecule has 4 heavy (non-hydrogen) atoms. The summed E-state index contributed by atoms with van der Waals surface area (Å²) in [5.74, 6) is 0. The van der Waals surface area contributed by atoms with Crippen LogP contribution < -0.4 is 0 Å². The van der Waals surface area contributed by atoms with E-state index >= 15 is 0 Å². The molecule has 0 aliphatic carbocycles. The van der Waals surface area contributed by atoms with Crippen LogP contribution in [-0.2, 0) is 0 Å². The van der Waals surface area contributed by atoms with Gasteiger partial charge in [-0.05, 0) is 0 Å². The quantitative estimate of drug-likeness (QED) is 0.323. The molecule has 0 aromatic heterocycles. The van der Waals surface area contributed by atoms with E-state index in [1.807, 2.05) is 0 Å². The summed E-state index contributed by atoms with van der Waals surface area (Å²) >= 11 is -3.19. The summed E-state index contributed by atoms with van der Waals surface area (Å²) in [4.78, 5) is 0. The van der Waals surface area contributed by atoms with Crippen LogP contribution in [0.1, 0.15) is 0 Å². The number of rotatable bonds is 0. The van der Waals surface area contributed by atoms with Crippen molar-refractivity contribution in [2.24, 2.45) is 0 Å². The Morgan fingerprint density at radius 3 is 1.00 bits per heavy atom. The summed E-state index contributed by atoms with van der Waals surface area (Å²) < 4.78 is 21.9. The molecule has 0 saturated carbocycles. The summed E-state index contributed by atoms with van der Waals surface area (Å²) in [5, 5.41) is 0. The summed E-state index contributed by atoms with van der Waals surface area (Å²) in [6.45, 7) is 0. The minimum absolute atomic E-state index is 3.19. The summed E-state index contributed by atoms with van der Waals surface area (Å²) in [5.41, 5.74) is 0. The zero-order valence-electron chi connectivity index (χ0n) is 1.79. The molecule has 4 heteroatoms. The standard InChI is InChI=1S/H4O3Se/c1-4(2)3/h1-4H. The van der Waals surface area contributed by atoms with E-state index in [2.05, 4.69) is 0 Å². The SMILES string of the molecule is O[SeH](O)O. The van der Waals surface area contributed by atoms with E-state index < -0.39 is 14.9 Å². The van der Waals surface area contributed by atoms with Crippen molar-refractivity contribution in [1.29, 1.82) is 0 Å². The molecule has 0 bridgehead atoms. The Kier molecular flexibility index (Phi) is 1.86. The van der Waals surface area contributed by atoms with Gasteiger partial charge in [0, 0.05) is 0 Å². The van der Waals surface area contributed by atoms with Crippen molar-refractivity contribution in [1.82, 2.24) is 0 Å². The Balaban J connectivity index is 2.32. The van der Waals surface area contributed by atoms with Crippen LogP contribution in [-0.4, -0.2) is 27.5 Å². The fraction of sp³-hybridized carbons (Fsp3) is 0. The topological polar surface area (TPSA) is 60.7 Å². The monoisotopic (exact) mass is 132 g/mol. The van der Waals surface area contributed by atoms with Gasteiger partial charge in [0.05, 0.1) is 0 Å². The zero-order valence-corrected chi connectivity index (χ0v) is 3.67. The van der Waals surface area contributed by atoms with Gasteiger partial charge in [0.25, 0.3) is 0 Å². The second-order valence-electron chi connectivity index (χ2n) is 0.268. The molecule has 0 spiro atoms. The van der Waals surface area contributed by atoms with Gasteiger partial charge < -0.3 is 0 Å². The van der Waals surface area contributed by atoms with Crippen LogP contribution in [0.15, 0.2) is 0 Å². The van der Waals surface area contributed by atoms with Crippen molar-refractivity contribution in [2.75, 3.05) is 0 Å². The van der Waals surface area contributed by atoms with E-state index in [9.17, 15) is 0 Å². The molecule has 3 N–H and O–H groups in total. The molecule has 0 aliphatic heterocycles. The van der Waals surface area contributed by atoms with Crippen LogP contribution in [0.3, 0.4) is 0 Å². The van der Waals surface area contributed by atoms with Crippen LogP contribution in [0.5, 0.6) is 0 Å². The zero-order chi connectivity index (χ0) is 3.58. The predicted octanol–water partition coefficient (Wildman–Crippen LogP) is -2.32. The van der Waals surface area contributed by atoms with E-state index in [0.717, 1.165) is 0 Å². The Morgan fingerprint density at radius 2 is 1.00 bits per heavy atom. The summed E-state index contributed by atoms with van der Waals surface area (Å²) in [6, 6.07) is 0. The first-order valence-electron chi connectivity index (χ1n) is 0.600. The second-order valence-corrected chi connectivity index (χ2v) is 1.39. The molecule has 0 aromatic rings. The first-order valence-corrected chi connectivity index (χ1v) is 3.12. The van der Waals surface area contributed by atoms with Crippen molar-refractivity contribution in [3.8, 4) is 0 Å². The third-order valence-corrected chi connectivity index (χ3v) is 0. The van der Waals surface area contributed by atoms with Crippen molar-refractivity contribution < 1.29 is 12.6 Å². The van der Waals surface area contributed by atoms with Crippen LogP contribution in [0.4, 0.5) is 0 Å². The van der Waals surface area contributed by atoms with Crippen LogP contribution in [0.2, 0.25) is 0 Å². The normalized spacial score (nSPS) is 11.2. The first kappa shape index (κ1) is 4.40. The van der Waals surface area contributed by atoms with Gasteiger partial charge in [-0.2, -0.15) is 0 Å². The van der Waals surface area contributed by atoms with E-state index in [4.69, 9.17) is 12.6 Å². The first-order chi connectivity index (χ1) is 1.73. The van der Waals surface area contributed by atoms with Gasteiger partial charge in [-0.25, -0.2) is 0 Å². The fourth-order valence-electron chi connectivity index (χ4n) is 0. The molecule has 0 aliphatic rings. The third-order valence-electron chi connectivity index (χ3n) is 0. The summed E-state index contributed by atoms with van der Waals surface area (Å²) in [7, 11) is 0. The van der Waals surface area contributed by atoms with E-state index in [1.165, 1.54) is 0 Å². The van der Waals surface area contributed by atoms with Gasteiger partial charge in [0.1, 0.15) is 0 Å². The molecule has 28 valence electrons. The molecule has 0 amide bonds. The van der Waals surface area contributed by atoms with Crippen molar-refractivity contribution in [2.45, 2.75) is 0 Å². The van der Waals surface area contributed by atoms with Gasteiger partial charge in [0.15, 0.2) is 0 Å². The van der Waals surface area contributed by atoms with Crippen LogP contribution in [0.25, 0.3) is 0 Å². The van der Waals surface area contributed by atoms with Crippen molar-refractivity contribution in [3.05, 3.63) is 0 Å². The summed E-state index contributed by atoms with van der Waals surface area (Å²) in [6.07, 6.45) is 0. The van der Waals surface area contributed by atoms with Gasteiger partial charge in [0.2, 0.25) is 0 Å². The molecule has 0 aromatic carbocycles. The van der Waals surface area contributed by atoms with E-state index in [0.29, 0.717) is 0 Å². The molecule has 0 rings (SSSR count). The fourth-order valence-corrected chi connectivity index (χ4v) is 0. The molecular formula is H4O3Se. The average molecular weight is 131 g/mol. The van der Waals surface area contributed by atoms with Gasteiger partial charge in [-0.15, -0.1) is 0 Å². The Morgan fingerprint density at radius 1 is 1.00 bits per heavy atom. The Bertz CT molecular complexity index is 8.00. The van der Waals surface area contributed by atoms with E-state index in [-0.39, 0.29) is 0 Å². The van der Waals surface area contributed by atoms with Crippen LogP contribution >= 0.6 is 0 Å². The van der Waals surface area contributed by atoms with E-state index in [1.54, 1.807) is 0 Å². The number of hydrogen-bond acceptors (Lipinski definition) is 3. The Labute approximate surface area is 28.4 Å². The van der Waals surface area contributed by atoms with Crippen LogP contribution in [0, 0.1) is 0 Å². The molecule has 0 saturated heterocycles. The Hall–Kier alpha value is 0.399. The molecule has 0 heterocycles. The molecular weight excluding hydrogens is 127 g/mol. The maximum absolute atomic E-state index is 7.31. The maximum atomic E-state index is 7.31. The van der Waals surface area contributed by atoms with Crippen molar-refractivity contribution in [3.63, 3.8) is 0 Å². The van der Waals surface area contributed by atoms with Crippen molar-refractivity contribution >= 4 is 14.9 Å². The molecule has 0 atom stereocenters. The molecule has 3 nitrogen and oxygen atoms in total. The second kappa shape index (κ2) is 1.69. The number of hydrogen-bond donors (Lipinski definition) is 3. The van der Waals surface area contributed by atoms with Gasteiger partial charge in [-0.3, -0.25) is 0 Å². The molecule has 0 radical (unpaired) electrons. The van der Waals surface area contributed by atoms with Gasteiger partial charge in [-0.1, -0.05) is 0 Å².